The zero-order chi connectivity index (χ0) is 20.5. The molecule has 0 aromatic carbocycles. The topological polar surface area (TPSA) is 69.7 Å². The van der Waals surface area contributed by atoms with Crippen LogP contribution in [0, 0.1) is 23.2 Å². The van der Waals surface area contributed by atoms with Gasteiger partial charge in [0.15, 0.2) is 5.78 Å². The molecule has 5 heteroatoms. The van der Waals surface area contributed by atoms with Gasteiger partial charge in [-0.3, -0.25) is 14.4 Å². The molecule has 6 atom stereocenters. The van der Waals surface area contributed by atoms with Crippen molar-refractivity contribution in [1.29, 1.82) is 0 Å². The molecule has 0 amide bonds. The Morgan fingerprint density at radius 3 is 2.43 bits per heavy atom. The minimum absolute atomic E-state index is 0.0135. The van der Waals surface area contributed by atoms with E-state index in [-0.39, 0.29) is 47.2 Å². The maximum atomic E-state index is 13.3. The monoisotopic (exact) mass is 390 g/mol. The molecule has 0 aliphatic heterocycles. The van der Waals surface area contributed by atoms with Crippen molar-refractivity contribution >= 4 is 17.7 Å². The number of allylic oxidation sites excluding steroid dienone is 1. The number of esters is 2. The van der Waals surface area contributed by atoms with Gasteiger partial charge in [-0.05, 0) is 69.8 Å². The van der Waals surface area contributed by atoms with Crippen LogP contribution in [0.2, 0.25) is 0 Å². The Bertz CT molecular complexity index is 666. The zero-order valence-electron chi connectivity index (χ0n) is 17.7. The standard InChI is InChI=1S/C23H34O5/c1-14-12-18(27-15(2)24)7-5-6-17-10-11-23(4)19(22(17)20(26)13-14)8-9-21(23)28-16(3)25/h13,17-19,21-22H,5-12H2,1-4H3/b14-13+. The van der Waals surface area contributed by atoms with E-state index in [1.807, 2.05) is 6.92 Å². The highest BCUT2D eigenvalue weighted by molar-refractivity contribution is 5.93. The second-order valence-corrected chi connectivity index (χ2v) is 9.37. The molecule has 6 unspecified atom stereocenters. The van der Waals surface area contributed by atoms with Crippen LogP contribution >= 0.6 is 0 Å². The zero-order valence-corrected chi connectivity index (χ0v) is 17.7. The molecule has 28 heavy (non-hydrogen) atoms. The highest BCUT2D eigenvalue weighted by Crippen LogP contribution is 2.58. The van der Waals surface area contributed by atoms with Gasteiger partial charge in [-0.25, -0.2) is 0 Å². The third kappa shape index (κ3) is 4.33. The van der Waals surface area contributed by atoms with Crippen LogP contribution in [0.5, 0.6) is 0 Å². The van der Waals surface area contributed by atoms with Gasteiger partial charge >= 0.3 is 11.9 Å². The van der Waals surface area contributed by atoms with E-state index in [2.05, 4.69) is 6.92 Å². The Hall–Kier alpha value is -1.65. The van der Waals surface area contributed by atoms with Crippen LogP contribution in [-0.4, -0.2) is 29.9 Å². The van der Waals surface area contributed by atoms with Gasteiger partial charge in [0, 0.05) is 31.6 Å². The fraction of sp³-hybridized carbons (Fsp3) is 0.783. The Balaban J connectivity index is 1.84. The molecule has 0 bridgehead atoms. The number of fused-ring (bicyclic) bond motifs is 3. The number of hydrogen-bond acceptors (Lipinski definition) is 5. The van der Waals surface area contributed by atoms with Gasteiger partial charge in [-0.15, -0.1) is 0 Å². The molecule has 0 saturated heterocycles. The van der Waals surface area contributed by atoms with Gasteiger partial charge in [0.2, 0.25) is 0 Å². The largest absolute Gasteiger partial charge is 0.462 e. The summed E-state index contributed by atoms with van der Waals surface area (Å²) in [7, 11) is 0. The average Bonchev–Trinajstić information content (AvgIpc) is 2.89. The normalized spacial score (nSPS) is 40.5. The third-order valence-electron chi connectivity index (χ3n) is 7.33. The van der Waals surface area contributed by atoms with E-state index in [0.29, 0.717) is 12.3 Å². The predicted octanol–water partition coefficient (Wildman–Crippen LogP) is 4.38. The Labute approximate surface area is 168 Å². The van der Waals surface area contributed by atoms with Crippen LogP contribution in [0.4, 0.5) is 0 Å². The summed E-state index contributed by atoms with van der Waals surface area (Å²) < 4.78 is 11.1. The van der Waals surface area contributed by atoms with E-state index in [1.165, 1.54) is 13.8 Å². The number of carbonyl (C=O) groups is 3. The van der Waals surface area contributed by atoms with Gasteiger partial charge < -0.3 is 9.47 Å². The van der Waals surface area contributed by atoms with Crippen molar-refractivity contribution in [2.24, 2.45) is 23.2 Å². The average molecular weight is 391 g/mol. The minimum atomic E-state index is -0.255. The Kier molecular flexibility index (Phi) is 6.31. The van der Waals surface area contributed by atoms with Crippen LogP contribution in [0.1, 0.15) is 79.1 Å². The van der Waals surface area contributed by atoms with E-state index in [4.69, 9.17) is 9.47 Å². The summed E-state index contributed by atoms with van der Waals surface area (Å²) >= 11 is 0. The van der Waals surface area contributed by atoms with Crippen molar-refractivity contribution in [2.45, 2.75) is 91.3 Å². The number of rotatable bonds is 2. The molecule has 5 nitrogen and oxygen atoms in total. The molecule has 3 rings (SSSR count). The highest BCUT2D eigenvalue weighted by Gasteiger charge is 2.56. The second-order valence-electron chi connectivity index (χ2n) is 9.37. The quantitative estimate of drug-likeness (QED) is 0.654. The van der Waals surface area contributed by atoms with Gasteiger partial charge in [0.25, 0.3) is 0 Å². The van der Waals surface area contributed by atoms with Crippen molar-refractivity contribution in [3.8, 4) is 0 Å². The molecule has 0 heterocycles. The molecule has 3 aliphatic rings. The molecule has 3 aliphatic carbocycles. The predicted molar refractivity (Wildman–Crippen MR) is 105 cm³/mol. The lowest BCUT2D eigenvalue weighted by molar-refractivity contribution is -0.156. The van der Waals surface area contributed by atoms with Crippen LogP contribution in [0.25, 0.3) is 0 Å². The highest BCUT2D eigenvalue weighted by atomic mass is 16.5. The van der Waals surface area contributed by atoms with E-state index in [1.54, 1.807) is 6.08 Å². The third-order valence-corrected chi connectivity index (χ3v) is 7.33. The molecule has 0 N–H and O–H groups in total. The SMILES string of the molecule is CC(=O)OC1CCCC2CCC3(C)C(OC(C)=O)CCC3C2C(=O)/C=C(\C)C1. The van der Waals surface area contributed by atoms with E-state index >= 15 is 0 Å². The first kappa shape index (κ1) is 21.1. The van der Waals surface area contributed by atoms with Gasteiger partial charge in [0.1, 0.15) is 12.2 Å². The fourth-order valence-corrected chi connectivity index (χ4v) is 6.12. The molecule has 0 radical (unpaired) electrons. The Morgan fingerprint density at radius 2 is 1.75 bits per heavy atom. The number of ketones is 1. The maximum absolute atomic E-state index is 13.3. The summed E-state index contributed by atoms with van der Waals surface area (Å²) in [6.07, 6.45) is 8.82. The molecule has 2 fully saturated rings. The summed E-state index contributed by atoms with van der Waals surface area (Å²) in [6.45, 7) is 7.10. The van der Waals surface area contributed by atoms with Crippen molar-refractivity contribution in [3.05, 3.63) is 11.6 Å². The first-order valence-electron chi connectivity index (χ1n) is 10.8. The molecule has 2 saturated carbocycles. The summed E-state index contributed by atoms with van der Waals surface area (Å²) in [4.78, 5) is 36.3. The fourth-order valence-electron chi connectivity index (χ4n) is 6.12. The van der Waals surface area contributed by atoms with Crippen molar-refractivity contribution in [2.75, 3.05) is 0 Å². The van der Waals surface area contributed by atoms with Crippen LogP contribution < -0.4 is 0 Å². The summed E-state index contributed by atoms with van der Waals surface area (Å²) in [5.74, 6) is 0.385. The molecular formula is C23H34O5. The number of carbonyl (C=O) groups excluding carboxylic acids is 3. The van der Waals surface area contributed by atoms with Crippen molar-refractivity contribution in [1.82, 2.24) is 0 Å². The van der Waals surface area contributed by atoms with Crippen molar-refractivity contribution < 1.29 is 23.9 Å². The first-order chi connectivity index (χ1) is 13.2. The van der Waals surface area contributed by atoms with Gasteiger partial charge in [-0.2, -0.15) is 0 Å². The summed E-state index contributed by atoms with van der Waals surface area (Å²) in [5, 5.41) is 0. The lowest BCUT2D eigenvalue weighted by Gasteiger charge is -2.47. The summed E-state index contributed by atoms with van der Waals surface area (Å²) in [5.41, 5.74) is 0.882. The molecule has 156 valence electrons. The van der Waals surface area contributed by atoms with E-state index < -0.39 is 0 Å². The molecule has 0 spiro atoms. The summed E-state index contributed by atoms with van der Waals surface area (Å²) in [6, 6.07) is 0. The van der Waals surface area contributed by atoms with Crippen LogP contribution in [0.3, 0.4) is 0 Å². The van der Waals surface area contributed by atoms with E-state index in [9.17, 15) is 14.4 Å². The lowest BCUT2D eigenvalue weighted by Crippen LogP contribution is -2.47. The first-order valence-corrected chi connectivity index (χ1v) is 10.8. The van der Waals surface area contributed by atoms with Crippen molar-refractivity contribution in [3.63, 3.8) is 0 Å². The number of ether oxygens (including phenoxy) is 2. The second kappa shape index (κ2) is 8.38. The minimum Gasteiger partial charge on any atom is -0.462 e. The molecule has 0 aromatic rings. The van der Waals surface area contributed by atoms with Crippen LogP contribution in [0.15, 0.2) is 11.6 Å². The molecule has 0 aromatic heterocycles. The lowest BCUT2D eigenvalue weighted by atomic mass is 9.57. The van der Waals surface area contributed by atoms with Crippen LogP contribution in [-0.2, 0) is 23.9 Å². The molecular weight excluding hydrogens is 356 g/mol. The smallest absolute Gasteiger partial charge is 0.302 e. The Morgan fingerprint density at radius 1 is 1.04 bits per heavy atom. The maximum Gasteiger partial charge on any atom is 0.302 e. The van der Waals surface area contributed by atoms with Gasteiger partial charge in [-0.1, -0.05) is 12.5 Å². The number of hydrogen-bond donors (Lipinski definition) is 0. The van der Waals surface area contributed by atoms with E-state index in [0.717, 1.165) is 50.5 Å². The van der Waals surface area contributed by atoms with Gasteiger partial charge in [0.05, 0.1) is 0 Å².